The predicted molar refractivity (Wildman–Crippen MR) is 116 cm³/mol. The third-order valence-corrected chi connectivity index (χ3v) is 3.52. The van der Waals surface area contributed by atoms with Gasteiger partial charge in [-0.25, -0.2) is 0 Å². The molecule has 0 aliphatic carbocycles. The zero-order valence-electron chi connectivity index (χ0n) is 14.6. The second kappa shape index (κ2) is 12.4. The molecule has 0 amide bonds. The maximum Gasteiger partial charge on any atom is 0.191 e. The molecule has 25 heavy (non-hydrogen) atoms. The van der Waals surface area contributed by atoms with Crippen LogP contribution in [0.3, 0.4) is 0 Å². The van der Waals surface area contributed by atoms with E-state index in [2.05, 4.69) is 46.5 Å². The van der Waals surface area contributed by atoms with Gasteiger partial charge in [0.05, 0.1) is 0 Å². The maximum atomic E-state index is 5.80. The lowest BCUT2D eigenvalue weighted by Crippen LogP contribution is -2.38. The Bertz CT molecular complexity index is 642. The predicted octanol–water partition coefficient (Wildman–Crippen LogP) is 3.78. The van der Waals surface area contributed by atoms with Gasteiger partial charge in [0.2, 0.25) is 0 Å². The second-order valence-electron chi connectivity index (χ2n) is 5.34. The van der Waals surface area contributed by atoms with Crippen molar-refractivity contribution in [1.29, 1.82) is 0 Å². The average molecular weight is 451 g/mol. The van der Waals surface area contributed by atoms with Crippen molar-refractivity contribution in [3.63, 3.8) is 0 Å². The molecule has 0 heterocycles. The van der Waals surface area contributed by atoms with Crippen LogP contribution in [0, 0.1) is 0 Å². The summed E-state index contributed by atoms with van der Waals surface area (Å²) in [4.78, 5) is 4.15. The Morgan fingerprint density at radius 3 is 2.40 bits per heavy atom. The molecule has 5 heteroatoms. The third-order valence-electron chi connectivity index (χ3n) is 3.52. The number of ether oxygens (including phenoxy) is 1. The first-order valence-electron chi connectivity index (χ1n) is 8.13. The van der Waals surface area contributed by atoms with Gasteiger partial charge in [-0.3, -0.25) is 4.99 Å². The van der Waals surface area contributed by atoms with Crippen molar-refractivity contribution >= 4 is 29.9 Å². The number of benzene rings is 2. The first-order chi connectivity index (χ1) is 11.8. The lowest BCUT2D eigenvalue weighted by molar-refractivity contribution is 0.306. The molecule has 2 aromatic rings. The molecule has 2 aromatic carbocycles. The van der Waals surface area contributed by atoms with Gasteiger partial charge in [-0.2, -0.15) is 0 Å². The summed E-state index contributed by atoms with van der Waals surface area (Å²) >= 11 is 0. The number of guanidine groups is 1. The van der Waals surface area contributed by atoms with E-state index < -0.39 is 0 Å². The monoisotopic (exact) mass is 451 g/mol. The summed E-state index contributed by atoms with van der Waals surface area (Å²) in [6, 6.07) is 18.4. The van der Waals surface area contributed by atoms with Gasteiger partial charge < -0.3 is 15.4 Å². The van der Waals surface area contributed by atoms with Gasteiger partial charge in [0, 0.05) is 20.1 Å². The summed E-state index contributed by atoms with van der Waals surface area (Å²) in [6.07, 6.45) is 2.73. The van der Waals surface area contributed by atoms with E-state index in [1.807, 2.05) is 30.3 Å². The Kier molecular flexibility index (Phi) is 10.4. The summed E-state index contributed by atoms with van der Waals surface area (Å²) in [6.45, 7) is 5.79. The zero-order chi connectivity index (χ0) is 17.0. The van der Waals surface area contributed by atoms with Crippen LogP contribution < -0.4 is 15.4 Å². The van der Waals surface area contributed by atoms with Gasteiger partial charge in [-0.05, 0) is 29.7 Å². The molecule has 0 atom stereocenters. The molecule has 0 bridgehead atoms. The molecular weight excluding hydrogens is 425 g/mol. The highest BCUT2D eigenvalue weighted by atomic mass is 127. The lowest BCUT2D eigenvalue weighted by atomic mass is 10.1. The fraction of sp³-hybridized carbons (Fsp3) is 0.250. The molecule has 0 saturated heterocycles. The van der Waals surface area contributed by atoms with Crippen LogP contribution in [0.4, 0.5) is 0 Å². The second-order valence-corrected chi connectivity index (χ2v) is 5.34. The average Bonchev–Trinajstić information content (AvgIpc) is 2.64. The molecule has 0 saturated carbocycles. The first-order valence-corrected chi connectivity index (χ1v) is 8.13. The van der Waals surface area contributed by atoms with Crippen LogP contribution in [0.5, 0.6) is 5.75 Å². The quantitative estimate of drug-likeness (QED) is 0.278. The van der Waals surface area contributed by atoms with Crippen LogP contribution in [0.1, 0.15) is 11.1 Å². The molecule has 0 aliphatic heterocycles. The highest BCUT2D eigenvalue weighted by Gasteiger charge is 1.99. The van der Waals surface area contributed by atoms with Gasteiger partial charge in [0.25, 0.3) is 0 Å². The molecule has 134 valence electrons. The third kappa shape index (κ3) is 8.07. The minimum atomic E-state index is 0. The number of hydrogen-bond acceptors (Lipinski definition) is 2. The molecule has 4 nitrogen and oxygen atoms in total. The number of aliphatic imine (C=N–C) groups is 1. The number of hydrogen-bond donors (Lipinski definition) is 2. The maximum absolute atomic E-state index is 5.80. The number of halogens is 1. The van der Waals surface area contributed by atoms with Crippen molar-refractivity contribution in [2.75, 3.05) is 20.1 Å². The minimum Gasteiger partial charge on any atom is -0.489 e. The Morgan fingerprint density at radius 1 is 1.04 bits per heavy atom. The molecule has 2 rings (SSSR count). The molecular formula is C20H26IN3O. The van der Waals surface area contributed by atoms with Crippen molar-refractivity contribution in [2.45, 2.75) is 13.0 Å². The van der Waals surface area contributed by atoms with E-state index in [0.29, 0.717) is 13.2 Å². The van der Waals surface area contributed by atoms with E-state index in [1.54, 1.807) is 13.1 Å². The topological polar surface area (TPSA) is 45.7 Å². The standard InChI is InChI=1S/C20H25N3O.HI/c1-3-14-22-20(21-2)23-15-13-17-9-11-19(12-10-17)24-16-18-7-5-4-6-8-18;/h3-12H,1,13-16H2,2H3,(H2,21,22,23);1H. The van der Waals surface area contributed by atoms with Crippen LogP contribution in [-0.2, 0) is 13.0 Å². The Balaban J connectivity index is 0.00000312. The fourth-order valence-corrected chi connectivity index (χ4v) is 2.21. The van der Waals surface area contributed by atoms with Gasteiger partial charge >= 0.3 is 0 Å². The minimum absolute atomic E-state index is 0. The Hall–Kier alpha value is -2.02. The van der Waals surface area contributed by atoms with Crippen LogP contribution >= 0.6 is 24.0 Å². The van der Waals surface area contributed by atoms with Crippen molar-refractivity contribution in [3.8, 4) is 5.75 Å². The van der Waals surface area contributed by atoms with Crippen molar-refractivity contribution in [1.82, 2.24) is 10.6 Å². The van der Waals surface area contributed by atoms with E-state index in [9.17, 15) is 0 Å². The van der Waals surface area contributed by atoms with E-state index in [1.165, 1.54) is 11.1 Å². The first kappa shape index (κ1) is 21.0. The van der Waals surface area contributed by atoms with Crippen molar-refractivity contribution < 1.29 is 4.74 Å². The van der Waals surface area contributed by atoms with Crippen LogP contribution in [0.25, 0.3) is 0 Å². The molecule has 0 spiro atoms. The molecule has 2 N–H and O–H groups in total. The van der Waals surface area contributed by atoms with E-state index >= 15 is 0 Å². The Morgan fingerprint density at radius 2 is 1.76 bits per heavy atom. The summed E-state index contributed by atoms with van der Waals surface area (Å²) < 4.78 is 5.80. The molecule has 0 aliphatic rings. The van der Waals surface area contributed by atoms with E-state index in [4.69, 9.17) is 4.74 Å². The van der Waals surface area contributed by atoms with Gasteiger partial charge in [0.15, 0.2) is 5.96 Å². The molecule has 0 unspecified atom stereocenters. The molecule has 0 fully saturated rings. The number of nitrogens with one attached hydrogen (secondary N) is 2. The van der Waals surface area contributed by atoms with E-state index in [0.717, 1.165) is 24.7 Å². The van der Waals surface area contributed by atoms with Crippen molar-refractivity contribution in [2.24, 2.45) is 4.99 Å². The summed E-state index contributed by atoms with van der Waals surface area (Å²) in [7, 11) is 1.76. The fourth-order valence-electron chi connectivity index (χ4n) is 2.21. The summed E-state index contributed by atoms with van der Waals surface area (Å²) in [5.74, 6) is 1.68. The highest BCUT2D eigenvalue weighted by molar-refractivity contribution is 14.0. The summed E-state index contributed by atoms with van der Waals surface area (Å²) in [5.41, 5.74) is 2.43. The normalized spacial score (nSPS) is 10.5. The smallest absolute Gasteiger partial charge is 0.191 e. The molecule has 0 radical (unpaired) electrons. The van der Waals surface area contributed by atoms with Gasteiger partial charge in [0.1, 0.15) is 12.4 Å². The van der Waals surface area contributed by atoms with Crippen molar-refractivity contribution in [3.05, 3.63) is 78.4 Å². The molecule has 0 aromatic heterocycles. The number of nitrogens with zero attached hydrogens (tertiary/aromatic N) is 1. The Labute approximate surface area is 167 Å². The lowest BCUT2D eigenvalue weighted by Gasteiger charge is -2.11. The van der Waals surface area contributed by atoms with Gasteiger partial charge in [-0.15, -0.1) is 30.6 Å². The highest BCUT2D eigenvalue weighted by Crippen LogP contribution is 2.14. The largest absolute Gasteiger partial charge is 0.489 e. The van der Waals surface area contributed by atoms with Crippen LogP contribution in [0.15, 0.2) is 72.2 Å². The number of rotatable bonds is 8. The van der Waals surface area contributed by atoms with E-state index in [-0.39, 0.29) is 24.0 Å². The van der Waals surface area contributed by atoms with Gasteiger partial charge in [-0.1, -0.05) is 48.5 Å². The summed E-state index contributed by atoms with van der Waals surface area (Å²) in [5, 5.41) is 6.42. The van der Waals surface area contributed by atoms with Crippen LogP contribution in [0.2, 0.25) is 0 Å². The zero-order valence-corrected chi connectivity index (χ0v) is 16.9. The SMILES string of the molecule is C=CCNC(=NC)NCCc1ccc(OCc2ccccc2)cc1.I. The van der Waals surface area contributed by atoms with Crippen LogP contribution in [-0.4, -0.2) is 26.1 Å².